The molecule has 4 rings (SSSR count). The van der Waals surface area contributed by atoms with E-state index in [9.17, 15) is 9.90 Å². The number of likely N-dealkylation sites (N-methyl/N-ethyl adjacent to an activating group) is 1. The molecule has 2 heterocycles. The summed E-state index contributed by atoms with van der Waals surface area (Å²) in [5.74, 6) is 0.915. The molecule has 4 nitrogen and oxygen atoms in total. The number of likely N-dealkylation sites (tertiary alicyclic amines) is 1. The van der Waals surface area contributed by atoms with E-state index >= 15 is 0 Å². The smallest absolute Gasteiger partial charge is 0.251 e. The van der Waals surface area contributed by atoms with Crippen molar-refractivity contribution in [1.82, 2.24) is 10.2 Å². The monoisotopic (exact) mass is 350 g/mol. The van der Waals surface area contributed by atoms with Crippen LogP contribution in [0.2, 0.25) is 0 Å². The van der Waals surface area contributed by atoms with E-state index in [1.165, 1.54) is 0 Å². The fraction of sp³-hybridized carbons (Fsp3) is 0.409. The summed E-state index contributed by atoms with van der Waals surface area (Å²) in [5.41, 5.74) is 3.96. The Morgan fingerprint density at radius 2 is 1.88 bits per heavy atom. The highest BCUT2D eigenvalue weighted by Crippen LogP contribution is 2.37. The first-order valence-corrected chi connectivity index (χ1v) is 9.27. The number of aliphatic hydroxyl groups is 1. The molecule has 2 aromatic rings. The van der Waals surface area contributed by atoms with Crippen LogP contribution in [-0.4, -0.2) is 42.6 Å². The van der Waals surface area contributed by atoms with Gasteiger partial charge in [0.25, 0.3) is 5.91 Å². The van der Waals surface area contributed by atoms with Gasteiger partial charge in [-0.2, -0.15) is 0 Å². The van der Waals surface area contributed by atoms with Crippen LogP contribution in [0.3, 0.4) is 0 Å². The number of carbonyl (C=O) groups is 1. The van der Waals surface area contributed by atoms with Crippen LogP contribution < -0.4 is 5.32 Å². The van der Waals surface area contributed by atoms with Crippen molar-refractivity contribution in [1.29, 1.82) is 0 Å². The van der Waals surface area contributed by atoms with Gasteiger partial charge in [0.2, 0.25) is 0 Å². The van der Waals surface area contributed by atoms with Crippen LogP contribution in [0.5, 0.6) is 0 Å². The molecular formula is C22H26N2O2. The molecule has 26 heavy (non-hydrogen) atoms. The molecule has 2 aromatic carbocycles. The number of fused-ring (bicyclic) bond motifs is 3. The fourth-order valence-corrected chi connectivity index (χ4v) is 4.30. The summed E-state index contributed by atoms with van der Waals surface area (Å²) in [6, 6.07) is 14.2. The topological polar surface area (TPSA) is 52.6 Å². The van der Waals surface area contributed by atoms with Crippen molar-refractivity contribution in [2.24, 2.45) is 5.92 Å². The summed E-state index contributed by atoms with van der Waals surface area (Å²) in [7, 11) is 2.15. The number of nitrogens with one attached hydrogen (secondary N) is 1. The van der Waals surface area contributed by atoms with Gasteiger partial charge in [0.05, 0.1) is 5.60 Å². The molecule has 2 atom stereocenters. The van der Waals surface area contributed by atoms with Gasteiger partial charge < -0.3 is 15.3 Å². The Labute approximate surface area is 154 Å². The van der Waals surface area contributed by atoms with Crippen LogP contribution in [0.4, 0.5) is 0 Å². The van der Waals surface area contributed by atoms with E-state index < -0.39 is 5.60 Å². The molecule has 0 aliphatic carbocycles. The van der Waals surface area contributed by atoms with Gasteiger partial charge in [-0.15, -0.1) is 0 Å². The summed E-state index contributed by atoms with van der Waals surface area (Å²) >= 11 is 0. The predicted octanol–water partition coefficient (Wildman–Crippen LogP) is 2.97. The Kier molecular flexibility index (Phi) is 4.13. The minimum absolute atomic E-state index is 0.0255. The summed E-state index contributed by atoms with van der Waals surface area (Å²) in [6.45, 7) is 6.34. The SMILES string of the molecule is CN1C[C@H]2CNC(=O)c3cc(-c4cccc(C(C)(C)O)c4)ccc3[C@@H]2C1. The summed E-state index contributed by atoms with van der Waals surface area (Å²) in [4.78, 5) is 15.0. The lowest BCUT2D eigenvalue weighted by Crippen LogP contribution is -2.29. The van der Waals surface area contributed by atoms with Crippen molar-refractivity contribution in [3.8, 4) is 11.1 Å². The molecule has 2 aliphatic heterocycles. The maximum absolute atomic E-state index is 12.7. The first kappa shape index (κ1) is 17.3. The maximum atomic E-state index is 12.7. The number of amides is 1. The molecule has 1 saturated heterocycles. The van der Waals surface area contributed by atoms with Crippen LogP contribution in [0.15, 0.2) is 42.5 Å². The number of hydrogen-bond donors (Lipinski definition) is 2. The van der Waals surface area contributed by atoms with Gasteiger partial charge in [-0.05, 0) is 61.2 Å². The Balaban J connectivity index is 1.77. The highest BCUT2D eigenvalue weighted by atomic mass is 16.3. The van der Waals surface area contributed by atoms with E-state index in [4.69, 9.17) is 0 Å². The summed E-state index contributed by atoms with van der Waals surface area (Å²) < 4.78 is 0. The lowest BCUT2D eigenvalue weighted by Gasteiger charge is -2.19. The first-order chi connectivity index (χ1) is 12.3. The molecule has 4 heteroatoms. The zero-order valence-electron chi connectivity index (χ0n) is 15.6. The second kappa shape index (κ2) is 6.22. The number of benzene rings is 2. The molecule has 0 aromatic heterocycles. The van der Waals surface area contributed by atoms with Crippen LogP contribution >= 0.6 is 0 Å². The number of hydrogen-bond acceptors (Lipinski definition) is 3. The van der Waals surface area contributed by atoms with Gasteiger partial charge in [-0.25, -0.2) is 0 Å². The molecule has 0 spiro atoms. The van der Waals surface area contributed by atoms with Crippen LogP contribution in [0, 0.1) is 5.92 Å². The van der Waals surface area contributed by atoms with E-state index in [0.717, 1.165) is 47.5 Å². The van der Waals surface area contributed by atoms with Gasteiger partial charge >= 0.3 is 0 Å². The second-order valence-corrected chi connectivity index (χ2v) is 8.24. The normalized spacial score (nSPS) is 23.2. The molecule has 0 saturated carbocycles. The minimum Gasteiger partial charge on any atom is -0.386 e. The van der Waals surface area contributed by atoms with E-state index in [1.807, 2.05) is 30.3 Å². The summed E-state index contributed by atoms with van der Waals surface area (Å²) in [5, 5.41) is 13.4. The van der Waals surface area contributed by atoms with Crippen LogP contribution in [0.1, 0.15) is 41.3 Å². The Morgan fingerprint density at radius 1 is 1.12 bits per heavy atom. The molecule has 2 N–H and O–H groups in total. The maximum Gasteiger partial charge on any atom is 0.251 e. The van der Waals surface area contributed by atoms with Gasteiger partial charge in [-0.3, -0.25) is 4.79 Å². The largest absolute Gasteiger partial charge is 0.386 e. The van der Waals surface area contributed by atoms with Crippen molar-refractivity contribution < 1.29 is 9.90 Å². The zero-order valence-corrected chi connectivity index (χ0v) is 15.6. The molecule has 1 fully saturated rings. The first-order valence-electron chi connectivity index (χ1n) is 9.27. The fourth-order valence-electron chi connectivity index (χ4n) is 4.30. The predicted molar refractivity (Wildman–Crippen MR) is 103 cm³/mol. The second-order valence-electron chi connectivity index (χ2n) is 8.24. The van der Waals surface area contributed by atoms with Gasteiger partial charge in [0, 0.05) is 31.1 Å². The molecule has 1 amide bonds. The third-order valence-electron chi connectivity index (χ3n) is 5.75. The van der Waals surface area contributed by atoms with E-state index in [-0.39, 0.29) is 5.91 Å². The van der Waals surface area contributed by atoms with E-state index in [2.05, 4.69) is 29.4 Å². The summed E-state index contributed by atoms with van der Waals surface area (Å²) in [6.07, 6.45) is 0. The van der Waals surface area contributed by atoms with Gasteiger partial charge in [-0.1, -0.05) is 30.3 Å². The van der Waals surface area contributed by atoms with Crippen molar-refractivity contribution in [3.05, 3.63) is 59.2 Å². The third kappa shape index (κ3) is 3.04. The standard InChI is InChI=1S/C22H26N2O2/c1-22(2,26)17-6-4-5-14(9-17)15-7-8-18-19(10-15)21(25)23-11-16-12-24(3)13-20(16)18/h4-10,16,20,26H,11-13H2,1-3H3,(H,23,25)/t16-,20-/m1/s1. The highest BCUT2D eigenvalue weighted by Gasteiger charge is 2.36. The van der Waals surface area contributed by atoms with E-state index in [0.29, 0.717) is 11.8 Å². The number of rotatable bonds is 2. The quantitative estimate of drug-likeness (QED) is 0.875. The highest BCUT2D eigenvalue weighted by molar-refractivity contribution is 5.97. The Hall–Kier alpha value is -2.17. The van der Waals surface area contributed by atoms with Crippen LogP contribution in [0.25, 0.3) is 11.1 Å². The Bertz CT molecular complexity index is 853. The van der Waals surface area contributed by atoms with Crippen molar-refractivity contribution >= 4 is 5.91 Å². The van der Waals surface area contributed by atoms with Gasteiger partial charge in [0.1, 0.15) is 0 Å². The number of nitrogens with zero attached hydrogens (tertiary/aromatic N) is 1. The molecule has 0 radical (unpaired) electrons. The lowest BCUT2D eigenvalue weighted by molar-refractivity contribution is 0.0786. The van der Waals surface area contributed by atoms with E-state index in [1.54, 1.807) is 13.8 Å². The third-order valence-corrected chi connectivity index (χ3v) is 5.75. The van der Waals surface area contributed by atoms with Crippen LogP contribution in [-0.2, 0) is 5.60 Å². The Morgan fingerprint density at radius 3 is 2.65 bits per heavy atom. The number of carbonyl (C=O) groups excluding carboxylic acids is 1. The van der Waals surface area contributed by atoms with Crippen molar-refractivity contribution in [3.63, 3.8) is 0 Å². The average molecular weight is 350 g/mol. The molecule has 0 unspecified atom stereocenters. The van der Waals surface area contributed by atoms with Crippen molar-refractivity contribution in [2.75, 3.05) is 26.7 Å². The van der Waals surface area contributed by atoms with Gasteiger partial charge in [0.15, 0.2) is 0 Å². The average Bonchev–Trinajstić information content (AvgIpc) is 2.93. The zero-order chi connectivity index (χ0) is 18.5. The molecule has 136 valence electrons. The minimum atomic E-state index is -0.888. The lowest BCUT2D eigenvalue weighted by atomic mass is 9.85. The molecular weight excluding hydrogens is 324 g/mol. The van der Waals surface area contributed by atoms with Crippen molar-refractivity contribution in [2.45, 2.75) is 25.4 Å². The molecule has 2 aliphatic rings. The molecule has 0 bridgehead atoms.